The zero-order chi connectivity index (χ0) is 30.9. The Hall–Kier alpha value is -4.31. The molecule has 17 heteroatoms. The molecule has 1 aromatic carbocycles. The van der Waals surface area contributed by atoms with Crippen molar-refractivity contribution < 1.29 is 55.7 Å². The zero-order valence-electron chi connectivity index (χ0n) is 22.8. The third kappa shape index (κ3) is 9.46. The van der Waals surface area contributed by atoms with Crippen molar-refractivity contribution in [2.45, 2.75) is 24.4 Å². The average molecular weight is 582 g/mol. The predicted molar refractivity (Wildman–Crippen MR) is 130 cm³/mol. The Balaban J connectivity index is 3.66. The van der Waals surface area contributed by atoms with Crippen molar-refractivity contribution in [3.05, 3.63) is 35.1 Å². The van der Waals surface area contributed by atoms with Crippen LogP contribution in [0.3, 0.4) is 0 Å². The van der Waals surface area contributed by atoms with Crippen molar-refractivity contribution in [3.8, 4) is 0 Å². The van der Waals surface area contributed by atoms with E-state index in [2.05, 4.69) is 5.32 Å². The number of likely N-dealkylation sites (N-methyl/N-ethyl adjacent to an activating group) is 1. The Morgan fingerprint density at radius 3 is 1.88 bits per heavy atom. The van der Waals surface area contributed by atoms with E-state index in [0.29, 0.717) is 12.1 Å². The van der Waals surface area contributed by atoms with Crippen LogP contribution in [0.1, 0.15) is 15.9 Å². The van der Waals surface area contributed by atoms with Gasteiger partial charge < -0.3 is 39.5 Å². The van der Waals surface area contributed by atoms with Crippen molar-refractivity contribution in [1.29, 1.82) is 0 Å². The van der Waals surface area contributed by atoms with Gasteiger partial charge in [0, 0.05) is 49.3 Å². The molecule has 1 aromatic rings. The molecule has 5 amide bonds. The molecule has 3 atom stereocenters. The molecule has 0 spiro atoms. The van der Waals surface area contributed by atoms with Crippen molar-refractivity contribution in [3.63, 3.8) is 0 Å². The molecule has 0 aliphatic carbocycles. The number of rotatable bonds is 9. The molecule has 0 saturated carbocycles. The Kier molecular flexibility index (Phi) is 12.0. The molecule has 1 rings (SSSR count). The molecule has 0 saturated heterocycles. The molecular formula is C23H31F4N5O8. The SMILES string of the molecule is CNC(=O)C(NC(=O)c1ccc(F)cc1C(F)(F)F)C(OC(=O)N(C)C)C(COC(=O)N(C)C)OC(=O)N(C)C. The fraction of sp³-hybridized carbons (Fsp3) is 0.522. The molecule has 0 radical (unpaired) electrons. The molecule has 0 aliphatic rings. The number of carbonyl (C=O) groups excluding carboxylic acids is 5. The Morgan fingerprint density at radius 1 is 0.875 bits per heavy atom. The van der Waals surface area contributed by atoms with Gasteiger partial charge in [-0.15, -0.1) is 0 Å². The van der Waals surface area contributed by atoms with Gasteiger partial charge in [-0.25, -0.2) is 18.8 Å². The summed E-state index contributed by atoms with van der Waals surface area (Å²) in [6.07, 6.45) is -12.0. The summed E-state index contributed by atoms with van der Waals surface area (Å²) in [6, 6.07) is -0.760. The highest BCUT2D eigenvalue weighted by Crippen LogP contribution is 2.32. The lowest BCUT2D eigenvalue weighted by Crippen LogP contribution is -2.60. The van der Waals surface area contributed by atoms with Gasteiger partial charge in [-0.3, -0.25) is 9.59 Å². The van der Waals surface area contributed by atoms with Crippen molar-refractivity contribution in [2.75, 3.05) is 55.9 Å². The second-order valence-electron chi connectivity index (χ2n) is 8.78. The third-order valence-corrected chi connectivity index (χ3v) is 5.00. The molecule has 3 unspecified atom stereocenters. The van der Waals surface area contributed by atoms with E-state index in [1.165, 1.54) is 42.3 Å². The second kappa shape index (κ2) is 14.2. The zero-order valence-corrected chi connectivity index (χ0v) is 22.8. The van der Waals surface area contributed by atoms with Gasteiger partial charge in [0.05, 0.1) is 11.1 Å². The summed E-state index contributed by atoms with van der Waals surface area (Å²) in [5, 5.41) is 4.19. The lowest BCUT2D eigenvalue weighted by Gasteiger charge is -2.33. The number of amides is 5. The minimum atomic E-state index is -5.15. The summed E-state index contributed by atoms with van der Waals surface area (Å²) in [5.41, 5.74) is -2.70. The maximum Gasteiger partial charge on any atom is 0.417 e. The maximum absolute atomic E-state index is 13.6. The smallest absolute Gasteiger partial charge is 0.417 e. The monoisotopic (exact) mass is 581 g/mol. The highest BCUT2D eigenvalue weighted by Gasteiger charge is 2.43. The minimum Gasteiger partial charge on any atom is -0.445 e. The number of nitrogens with zero attached hydrogens (tertiary/aromatic N) is 3. The first-order valence-electron chi connectivity index (χ1n) is 11.4. The average Bonchev–Trinajstić information content (AvgIpc) is 2.86. The van der Waals surface area contributed by atoms with E-state index in [4.69, 9.17) is 14.2 Å². The van der Waals surface area contributed by atoms with E-state index in [1.807, 2.05) is 5.32 Å². The van der Waals surface area contributed by atoms with Crippen LogP contribution in [-0.4, -0.2) is 119 Å². The lowest BCUT2D eigenvalue weighted by molar-refractivity contribution is -0.138. The summed E-state index contributed by atoms with van der Waals surface area (Å²) in [4.78, 5) is 65.8. The summed E-state index contributed by atoms with van der Waals surface area (Å²) in [7, 11) is 8.87. The molecule has 224 valence electrons. The topological polar surface area (TPSA) is 147 Å². The second-order valence-corrected chi connectivity index (χ2v) is 8.78. The largest absolute Gasteiger partial charge is 0.445 e. The Bertz CT molecular complexity index is 1100. The highest BCUT2D eigenvalue weighted by atomic mass is 19.4. The summed E-state index contributed by atoms with van der Waals surface area (Å²) >= 11 is 0. The first kappa shape index (κ1) is 33.7. The Morgan fingerprint density at radius 2 is 1.40 bits per heavy atom. The number of carbonyl (C=O) groups is 5. The quantitative estimate of drug-likeness (QED) is 0.330. The van der Waals surface area contributed by atoms with Crippen LogP contribution >= 0.6 is 0 Å². The summed E-state index contributed by atoms with van der Waals surface area (Å²) in [5.74, 6) is -3.87. The number of alkyl halides is 3. The van der Waals surface area contributed by atoms with Gasteiger partial charge in [0.2, 0.25) is 5.91 Å². The molecule has 0 bridgehead atoms. The van der Waals surface area contributed by atoms with Crippen LogP contribution in [-0.2, 0) is 25.2 Å². The number of hydrogen-bond donors (Lipinski definition) is 2. The van der Waals surface area contributed by atoms with Gasteiger partial charge in [0.25, 0.3) is 5.91 Å². The molecule has 0 aliphatic heterocycles. The van der Waals surface area contributed by atoms with E-state index in [-0.39, 0.29) is 6.07 Å². The van der Waals surface area contributed by atoms with E-state index in [1.54, 1.807) is 0 Å². The Labute approximate surface area is 227 Å². The number of hydrogen-bond acceptors (Lipinski definition) is 8. The van der Waals surface area contributed by atoms with Crippen molar-refractivity contribution in [2.24, 2.45) is 0 Å². The van der Waals surface area contributed by atoms with Crippen molar-refractivity contribution >= 4 is 30.1 Å². The molecule has 13 nitrogen and oxygen atoms in total. The summed E-state index contributed by atoms with van der Waals surface area (Å²) < 4.78 is 69.8. The molecule has 0 heterocycles. The fourth-order valence-corrected chi connectivity index (χ4v) is 2.91. The minimum absolute atomic E-state index is 0.0930. The normalized spacial score (nSPS) is 13.2. The molecule has 0 fully saturated rings. The van der Waals surface area contributed by atoms with Crippen LogP contribution in [0.5, 0.6) is 0 Å². The van der Waals surface area contributed by atoms with Crippen molar-refractivity contribution in [1.82, 2.24) is 25.3 Å². The first-order valence-corrected chi connectivity index (χ1v) is 11.4. The van der Waals surface area contributed by atoms with Gasteiger partial charge in [0.1, 0.15) is 18.5 Å². The van der Waals surface area contributed by atoms with Gasteiger partial charge in [-0.05, 0) is 18.2 Å². The first-order chi connectivity index (χ1) is 18.4. The van der Waals surface area contributed by atoms with Gasteiger partial charge in [-0.2, -0.15) is 13.2 Å². The predicted octanol–water partition coefficient (Wildman–Crippen LogP) is 1.52. The molecule has 0 aromatic heterocycles. The van der Waals surface area contributed by atoms with Crippen LogP contribution < -0.4 is 10.6 Å². The maximum atomic E-state index is 13.6. The summed E-state index contributed by atoms with van der Waals surface area (Å²) in [6.45, 7) is -0.810. The van der Waals surface area contributed by atoms with E-state index in [9.17, 15) is 41.5 Å². The highest BCUT2D eigenvalue weighted by molar-refractivity contribution is 5.99. The molecule has 2 N–H and O–H groups in total. The standard InChI is InChI=1S/C23H31F4N5O8/c1-28-19(34)16(29-18(33)13-9-8-12(24)10-14(13)23(25,26)27)17(40-22(37)32(6)7)15(39-21(36)31(4)5)11-38-20(35)30(2)3/h8-10,15-17H,11H2,1-7H3,(H,28,34)(H,29,33). The molecular weight excluding hydrogens is 550 g/mol. The number of halogens is 4. The van der Waals surface area contributed by atoms with E-state index >= 15 is 0 Å². The number of nitrogens with one attached hydrogen (secondary N) is 2. The third-order valence-electron chi connectivity index (χ3n) is 5.00. The lowest BCUT2D eigenvalue weighted by atomic mass is 10.0. The fourth-order valence-electron chi connectivity index (χ4n) is 2.91. The van der Waals surface area contributed by atoms with E-state index in [0.717, 1.165) is 21.7 Å². The van der Waals surface area contributed by atoms with Crippen LogP contribution in [0.4, 0.5) is 31.9 Å². The van der Waals surface area contributed by atoms with Crippen LogP contribution in [0, 0.1) is 5.82 Å². The van der Waals surface area contributed by atoms with E-state index < -0.39 is 78.1 Å². The van der Waals surface area contributed by atoms with Crippen LogP contribution in [0.15, 0.2) is 18.2 Å². The van der Waals surface area contributed by atoms with Gasteiger partial charge in [-0.1, -0.05) is 0 Å². The van der Waals surface area contributed by atoms with Crippen LogP contribution in [0.2, 0.25) is 0 Å². The van der Waals surface area contributed by atoms with Crippen LogP contribution in [0.25, 0.3) is 0 Å². The van der Waals surface area contributed by atoms with Gasteiger partial charge in [0.15, 0.2) is 12.2 Å². The number of benzene rings is 1. The van der Waals surface area contributed by atoms with Gasteiger partial charge >= 0.3 is 24.5 Å². The molecule has 40 heavy (non-hydrogen) atoms. The number of ether oxygens (including phenoxy) is 3.